The molecule has 0 unspecified atom stereocenters. The van der Waals surface area contributed by atoms with Crippen LogP contribution in [0.15, 0.2) is 11.9 Å². The fraction of sp³-hybridized carbons (Fsp3) is 0.571. The first-order valence-corrected chi connectivity index (χ1v) is 3.73. The second-order valence-electron chi connectivity index (χ2n) is 2.56. The van der Waals surface area contributed by atoms with Crippen LogP contribution < -0.4 is 16.4 Å². The minimum atomic E-state index is -0.575. The van der Waals surface area contributed by atoms with Crippen molar-refractivity contribution >= 4 is 5.97 Å². The Morgan fingerprint density at radius 3 is 3.17 bits per heavy atom. The van der Waals surface area contributed by atoms with Crippen LogP contribution in [0.2, 0.25) is 0 Å². The summed E-state index contributed by atoms with van der Waals surface area (Å²) in [4.78, 5) is 10.9. The minimum absolute atomic E-state index is 0.385. The van der Waals surface area contributed by atoms with E-state index in [9.17, 15) is 4.79 Å². The number of carbonyl (C=O) groups excluding carboxylic acids is 1. The van der Waals surface area contributed by atoms with Gasteiger partial charge < -0.3 is 21.1 Å². The lowest BCUT2D eigenvalue weighted by Gasteiger charge is -2.09. The summed E-state index contributed by atoms with van der Waals surface area (Å²) in [7, 11) is 1.33. The predicted molar refractivity (Wildman–Crippen MR) is 43.8 cm³/mol. The molecule has 68 valence electrons. The van der Waals surface area contributed by atoms with Crippen molar-refractivity contribution in [3.8, 4) is 0 Å². The Morgan fingerprint density at radius 2 is 2.67 bits per heavy atom. The van der Waals surface area contributed by atoms with Crippen molar-refractivity contribution < 1.29 is 9.53 Å². The van der Waals surface area contributed by atoms with E-state index >= 15 is 0 Å². The average Bonchev–Trinajstić information content (AvgIpc) is 2.55. The fourth-order valence-electron chi connectivity index (χ4n) is 0.993. The van der Waals surface area contributed by atoms with E-state index in [0.717, 1.165) is 5.70 Å². The van der Waals surface area contributed by atoms with Gasteiger partial charge in [-0.25, -0.2) is 0 Å². The standard InChI is InChI=1S/C7H13N3O2/c1-12-7(11)6(8)2-5-3-9-4-10-5/h3,6,9-10H,2,4,8H2,1H3/t6-/m0/s1. The van der Waals surface area contributed by atoms with Crippen LogP contribution in [0.4, 0.5) is 0 Å². The number of nitrogens with one attached hydrogen (secondary N) is 2. The molecular formula is C7H13N3O2. The highest BCUT2D eigenvalue weighted by Crippen LogP contribution is 2.02. The van der Waals surface area contributed by atoms with Gasteiger partial charge in [-0.2, -0.15) is 0 Å². The van der Waals surface area contributed by atoms with Crippen molar-refractivity contribution in [3.05, 3.63) is 11.9 Å². The lowest BCUT2D eigenvalue weighted by atomic mass is 10.2. The molecule has 0 aromatic heterocycles. The largest absolute Gasteiger partial charge is 0.468 e. The molecule has 1 aliphatic rings. The number of ether oxygens (including phenoxy) is 1. The SMILES string of the molecule is COC(=O)[C@@H](N)CC1=CNCN1. The maximum absolute atomic E-state index is 10.9. The predicted octanol–water partition coefficient (Wildman–Crippen LogP) is -1.13. The number of carbonyl (C=O) groups is 1. The zero-order valence-electron chi connectivity index (χ0n) is 6.96. The molecule has 0 aromatic carbocycles. The molecule has 0 aromatic rings. The molecule has 4 N–H and O–H groups in total. The summed E-state index contributed by atoms with van der Waals surface area (Å²) in [5.41, 5.74) is 6.46. The molecule has 5 nitrogen and oxygen atoms in total. The third-order valence-corrected chi connectivity index (χ3v) is 1.64. The lowest BCUT2D eigenvalue weighted by Crippen LogP contribution is -2.33. The first-order chi connectivity index (χ1) is 5.74. The summed E-state index contributed by atoms with van der Waals surface area (Å²) in [6.07, 6.45) is 2.29. The molecule has 1 atom stereocenters. The van der Waals surface area contributed by atoms with Gasteiger partial charge in [-0.3, -0.25) is 4.79 Å². The molecule has 0 spiro atoms. The van der Waals surface area contributed by atoms with Crippen LogP contribution in [-0.4, -0.2) is 25.8 Å². The highest BCUT2D eigenvalue weighted by atomic mass is 16.5. The van der Waals surface area contributed by atoms with E-state index in [1.165, 1.54) is 7.11 Å². The Hall–Kier alpha value is -1.23. The zero-order chi connectivity index (χ0) is 8.97. The van der Waals surface area contributed by atoms with Gasteiger partial charge in [0.2, 0.25) is 0 Å². The van der Waals surface area contributed by atoms with Crippen molar-refractivity contribution in [1.29, 1.82) is 0 Å². The van der Waals surface area contributed by atoms with E-state index in [1.54, 1.807) is 0 Å². The number of nitrogens with two attached hydrogens (primary N) is 1. The maximum Gasteiger partial charge on any atom is 0.323 e. The van der Waals surface area contributed by atoms with Gasteiger partial charge in [0.05, 0.1) is 13.8 Å². The van der Waals surface area contributed by atoms with Gasteiger partial charge in [0, 0.05) is 18.3 Å². The second kappa shape index (κ2) is 3.96. The number of rotatable bonds is 3. The van der Waals surface area contributed by atoms with E-state index < -0.39 is 6.04 Å². The molecule has 1 heterocycles. The molecule has 1 aliphatic heterocycles. The van der Waals surface area contributed by atoms with Crippen LogP contribution in [0, 0.1) is 0 Å². The second-order valence-corrected chi connectivity index (χ2v) is 2.56. The monoisotopic (exact) mass is 171 g/mol. The molecule has 0 saturated carbocycles. The molecule has 0 aliphatic carbocycles. The van der Waals surface area contributed by atoms with Crippen LogP contribution >= 0.6 is 0 Å². The summed E-state index contributed by atoms with van der Waals surface area (Å²) in [5, 5.41) is 5.98. The minimum Gasteiger partial charge on any atom is -0.468 e. The maximum atomic E-state index is 10.9. The number of methoxy groups -OCH3 is 1. The third kappa shape index (κ3) is 2.13. The molecule has 5 heteroatoms. The zero-order valence-corrected chi connectivity index (χ0v) is 6.96. The van der Waals surface area contributed by atoms with Crippen LogP contribution in [0.25, 0.3) is 0 Å². The summed E-state index contributed by atoms with van der Waals surface area (Å²) in [6.45, 7) is 0.698. The van der Waals surface area contributed by atoms with Crippen LogP contribution in [0.5, 0.6) is 0 Å². The number of esters is 1. The van der Waals surface area contributed by atoms with E-state index in [1.807, 2.05) is 6.20 Å². The first-order valence-electron chi connectivity index (χ1n) is 3.73. The van der Waals surface area contributed by atoms with Crippen molar-refractivity contribution in [1.82, 2.24) is 10.6 Å². The quantitative estimate of drug-likeness (QED) is 0.468. The normalized spacial score (nSPS) is 17.3. The topological polar surface area (TPSA) is 76.4 Å². The van der Waals surface area contributed by atoms with Crippen molar-refractivity contribution in [2.75, 3.05) is 13.8 Å². The van der Waals surface area contributed by atoms with Gasteiger partial charge in [-0.15, -0.1) is 0 Å². The highest BCUT2D eigenvalue weighted by molar-refractivity contribution is 5.75. The van der Waals surface area contributed by atoms with Crippen LogP contribution in [0.3, 0.4) is 0 Å². The van der Waals surface area contributed by atoms with Gasteiger partial charge in [0.1, 0.15) is 6.04 Å². The lowest BCUT2D eigenvalue weighted by molar-refractivity contribution is -0.142. The molecule has 0 fully saturated rings. The Labute approximate surface area is 70.9 Å². The summed E-state index contributed by atoms with van der Waals surface area (Å²) in [6, 6.07) is -0.575. The average molecular weight is 171 g/mol. The number of hydrogen-bond acceptors (Lipinski definition) is 5. The molecule has 0 radical (unpaired) electrons. The van der Waals surface area contributed by atoms with Gasteiger partial charge in [-0.1, -0.05) is 0 Å². The van der Waals surface area contributed by atoms with Gasteiger partial charge in [-0.05, 0) is 0 Å². The molecule has 0 bridgehead atoms. The van der Waals surface area contributed by atoms with Gasteiger partial charge in [0.25, 0.3) is 0 Å². The number of hydrogen-bond donors (Lipinski definition) is 3. The van der Waals surface area contributed by atoms with E-state index in [4.69, 9.17) is 5.73 Å². The summed E-state index contributed by atoms with van der Waals surface area (Å²) >= 11 is 0. The Morgan fingerprint density at radius 1 is 1.92 bits per heavy atom. The van der Waals surface area contributed by atoms with Crippen molar-refractivity contribution in [3.63, 3.8) is 0 Å². The first kappa shape index (κ1) is 8.86. The molecule has 1 rings (SSSR count). The van der Waals surface area contributed by atoms with E-state index in [2.05, 4.69) is 15.4 Å². The van der Waals surface area contributed by atoms with Crippen molar-refractivity contribution in [2.24, 2.45) is 5.73 Å². The Bertz CT molecular complexity index is 203. The summed E-state index contributed by atoms with van der Waals surface area (Å²) in [5.74, 6) is -0.385. The van der Waals surface area contributed by atoms with E-state index in [-0.39, 0.29) is 5.97 Å². The Balaban J connectivity index is 2.34. The highest BCUT2D eigenvalue weighted by Gasteiger charge is 2.16. The molecular weight excluding hydrogens is 158 g/mol. The van der Waals surface area contributed by atoms with Gasteiger partial charge >= 0.3 is 5.97 Å². The molecule has 0 amide bonds. The third-order valence-electron chi connectivity index (χ3n) is 1.64. The van der Waals surface area contributed by atoms with Crippen molar-refractivity contribution in [2.45, 2.75) is 12.5 Å². The van der Waals surface area contributed by atoms with Gasteiger partial charge in [0.15, 0.2) is 0 Å². The van der Waals surface area contributed by atoms with Crippen LogP contribution in [-0.2, 0) is 9.53 Å². The smallest absolute Gasteiger partial charge is 0.323 e. The molecule has 0 saturated heterocycles. The Kier molecular flexibility index (Phi) is 2.93. The summed E-state index contributed by atoms with van der Waals surface area (Å²) < 4.78 is 4.48. The van der Waals surface area contributed by atoms with Crippen LogP contribution in [0.1, 0.15) is 6.42 Å². The molecule has 12 heavy (non-hydrogen) atoms. The van der Waals surface area contributed by atoms with E-state index in [0.29, 0.717) is 13.1 Å². The fourth-order valence-corrected chi connectivity index (χ4v) is 0.993.